The van der Waals surface area contributed by atoms with Gasteiger partial charge in [-0.1, -0.05) is 26.7 Å². The molecular weight excluding hydrogens is 260 g/mol. The highest BCUT2D eigenvalue weighted by Gasteiger charge is 2.15. The van der Waals surface area contributed by atoms with E-state index in [1.807, 2.05) is 0 Å². The number of hydrogen-bond acceptors (Lipinski definition) is 4. The Bertz CT molecular complexity index is 522. The first-order valence-corrected chi connectivity index (χ1v) is 8.54. The van der Waals surface area contributed by atoms with Crippen LogP contribution < -0.4 is 11.1 Å². The number of nitrogen functional groups attached to an aromatic ring is 1. The lowest BCUT2D eigenvalue weighted by Gasteiger charge is -2.24. The van der Waals surface area contributed by atoms with Gasteiger partial charge in [0, 0.05) is 12.3 Å². The minimum Gasteiger partial charge on any atom is -0.397 e. The predicted molar refractivity (Wildman–Crippen MR) is 81.1 cm³/mol. The quantitative estimate of drug-likeness (QED) is 0.788. The van der Waals surface area contributed by atoms with E-state index in [-0.39, 0.29) is 4.90 Å². The molecule has 0 aliphatic rings. The van der Waals surface area contributed by atoms with Gasteiger partial charge in [0.15, 0.2) is 9.84 Å². The summed E-state index contributed by atoms with van der Waals surface area (Å²) in [5, 5.41) is 3.37. The van der Waals surface area contributed by atoms with Gasteiger partial charge in [0.2, 0.25) is 0 Å². The summed E-state index contributed by atoms with van der Waals surface area (Å²) in [6.07, 6.45) is 3.39. The Hall–Kier alpha value is -1.23. The van der Waals surface area contributed by atoms with Crippen LogP contribution in [0.2, 0.25) is 0 Å². The lowest BCUT2D eigenvalue weighted by molar-refractivity contribution is 0.438. The molecule has 0 spiro atoms. The molecule has 1 rings (SSSR count). The molecule has 0 bridgehead atoms. The smallest absolute Gasteiger partial charge is 0.175 e. The Kier molecular flexibility index (Phi) is 5.23. The maximum absolute atomic E-state index is 11.4. The van der Waals surface area contributed by atoms with E-state index in [4.69, 9.17) is 5.73 Å². The van der Waals surface area contributed by atoms with Gasteiger partial charge in [-0.3, -0.25) is 0 Å². The van der Waals surface area contributed by atoms with Crippen molar-refractivity contribution in [2.24, 2.45) is 5.92 Å². The summed E-state index contributed by atoms with van der Waals surface area (Å²) in [4.78, 5) is 0.255. The van der Waals surface area contributed by atoms with E-state index < -0.39 is 9.84 Å². The van der Waals surface area contributed by atoms with Crippen LogP contribution in [0.1, 0.15) is 33.6 Å². The number of nitrogens with one attached hydrogen (secondary N) is 1. The van der Waals surface area contributed by atoms with Crippen LogP contribution in [0, 0.1) is 5.92 Å². The number of nitrogens with two attached hydrogens (primary N) is 1. The van der Waals surface area contributed by atoms with Crippen LogP contribution in [-0.2, 0) is 9.84 Å². The maximum atomic E-state index is 11.4. The second-order valence-electron chi connectivity index (χ2n) is 5.03. The van der Waals surface area contributed by atoms with Gasteiger partial charge in [-0.15, -0.1) is 0 Å². The summed E-state index contributed by atoms with van der Waals surface area (Å²) < 4.78 is 22.9. The largest absolute Gasteiger partial charge is 0.397 e. The summed E-state index contributed by atoms with van der Waals surface area (Å²) in [5.74, 6) is 0.578. The first kappa shape index (κ1) is 15.8. The Morgan fingerprint density at radius 1 is 1.26 bits per heavy atom. The SMILES string of the molecule is CCC(CC)C(C)Nc1ccc(S(C)(=O)=O)cc1N. The van der Waals surface area contributed by atoms with E-state index >= 15 is 0 Å². The molecule has 4 nitrogen and oxygen atoms in total. The molecule has 0 heterocycles. The van der Waals surface area contributed by atoms with Crippen molar-refractivity contribution in [2.45, 2.75) is 44.6 Å². The second-order valence-corrected chi connectivity index (χ2v) is 7.05. The van der Waals surface area contributed by atoms with Crippen molar-refractivity contribution in [2.75, 3.05) is 17.3 Å². The van der Waals surface area contributed by atoms with Crippen molar-refractivity contribution < 1.29 is 8.42 Å². The lowest BCUT2D eigenvalue weighted by Crippen LogP contribution is -2.25. The topological polar surface area (TPSA) is 72.2 Å². The number of benzene rings is 1. The van der Waals surface area contributed by atoms with Crippen LogP contribution in [0.4, 0.5) is 11.4 Å². The monoisotopic (exact) mass is 284 g/mol. The standard InChI is InChI=1S/C14H24N2O2S/c1-5-11(6-2)10(3)16-14-8-7-12(9-13(14)15)19(4,17)18/h7-11,16H,5-6,15H2,1-4H3. The van der Waals surface area contributed by atoms with Crippen molar-refractivity contribution in [1.82, 2.24) is 0 Å². The molecule has 0 aliphatic heterocycles. The fourth-order valence-corrected chi connectivity index (χ4v) is 2.92. The van der Waals surface area contributed by atoms with Gasteiger partial charge in [-0.05, 0) is 31.0 Å². The zero-order chi connectivity index (χ0) is 14.6. The summed E-state index contributed by atoms with van der Waals surface area (Å²) >= 11 is 0. The van der Waals surface area contributed by atoms with E-state index in [1.54, 1.807) is 12.1 Å². The molecule has 0 saturated heterocycles. The van der Waals surface area contributed by atoms with Crippen molar-refractivity contribution in [3.05, 3.63) is 18.2 Å². The van der Waals surface area contributed by atoms with Crippen LogP contribution in [0.3, 0.4) is 0 Å². The van der Waals surface area contributed by atoms with E-state index in [1.165, 1.54) is 12.3 Å². The molecule has 0 fully saturated rings. The molecule has 1 atom stereocenters. The highest BCUT2D eigenvalue weighted by molar-refractivity contribution is 7.90. The Labute approximate surface area is 116 Å². The van der Waals surface area contributed by atoms with Crippen molar-refractivity contribution >= 4 is 21.2 Å². The van der Waals surface area contributed by atoms with Crippen LogP contribution >= 0.6 is 0 Å². The fourth-order valence-electron chi connectivity index (χ4n) is 2.26. The Morgan fingerprint density at radius 2 is 1.84 bits per heavy atom. The highest BCUT2D eigenvalue weighted by Crippen LogP contribution is 2.25. The lowest BCUT2D eigenvalue weighted by atomic mass is 9.95. The fraction of sp³-hybridized carbons (Fsp3) is 0.571. The van der Waals surface area contributed by atoms with E-state index in [2.05, 4.69) is 26.1 Å². The first-order chi connectivity index (χ1) is 8.79. The molecular formula is C14H24N2O2S. The number of sulfone groups is 1. The summed E-state index contributed by atoms with van der Waals surface area (Å²) in [7, 11) is -3.20. The number of hydrogen-bond donors (Lipinski definition) is 2. The van der Waals surface area contributed by atoms with Crippen molar-refractivity contribution in [3.8, 4) is 0 Å². The predicted octanol–water partition coefficient (Wildman–Crippen LogP) is 2.91. The molecule has 1 aromatic rings. The van der Waals surface area contributed by atoms with Gasteiger partial charge in [0.25, 0.3) is 0 Å². The molecule has 1 unspecified atom stereocenters. The van der Waals surface area contributed by atoms with E-state index in [0.29, 0.717) is 17.6 Å². The van der Waals surface area contributed by atoms with E-state index in [0.717, 1.165) is 18.5 Å². The van der Waals surface area contributed by atoms with Gasteiger partial charge in [0.1, 0.15) is 0 Å². The first-order valence-electron chi connectivity index (χ1n) is 6.65. The third-order valence-corrected chi connectivity index (χ3v) is 4.70. The van der Waals surface area contributed by atoms with Crippen LogP contribution in [0.15, 0.2) is 23.1 Å². The third-order valence-electron chi connectivity index (χ3n) is 3.59. The second kappa shape index (κ2) is 6.28. The van der Waals surface area contributed by atoms with Crippen LogP contribution in [0.5, 0.6) is 0 Å². The summed E-state index contributed by atoms with van der Waals surface area (Å²) in [6, 6.07) is 5.15. The molecule has 5 heteroatoms. The number of rotatable bonds is 6. The molecule has 0 radical (unpaired) electrons. The summed E-state index contributed by atoms with van der Waals surface area (Å²) in [5.41, 5.74) is 7.19. The average Bonchev–Trinajstić information content (AvgIpc) is 2.32. The van der Waals surface area contributed by atoms with Crippen LogP contribution in [0.25, 0.3) is 0 Å². The molecule has 3 N–H and O–H groups in total. The maximum Gasteiger partial charge on any atom is 0.175 e. The van der Waals surface area contributed by atoms with Gasteiger partial charge < -0.3 is 11.1 Å². The van der Waals surface area contributed by atoms with Crippen molar-refractivity contribution in [3.63, 3.8) is 0 Å². The van der Waals surface area contributed by atoms with Gasteiger partial charge in [-0.2, -0.15) is 0 Å². The van der Waals surface area contributed by atoms with Crippen LogP contribution in [-0.4, -0.2) is 20.7 Å². The van der Waals surface area contributed by atoms with E-state index in [9.17, 15) is 8.42 Å². The summed E-state index contributed by atoms with van der Waals surface area (Å²) in [6.45, 7) is 6.46. The average molecular weight is 284 g/mol. The third kappa shape index (κ3) is 4.13. The Morgan fingerprint density at radius 3 is 2.26 bits per heavy atom. The molecule has 1 aromatic carbocycles. The minimum atomic E-state index is -3.20. The Balaban J connectivity index is 2.92. The van der Waals surface area contributed by atoms with Gasteiger partial charge in [0.05, 0.1) is 16.3 Å². The molecule has 0 aliphatic carbocycles. The zero-order valence-corrected chi connectivity index (χ0v) is 12.9. The molecule has 0 aromatic heterocycles. The normalized spacial score (nSPS) is 13.5. The molecule has 0 amide bonds. The van der Waals surface area contributed by atoms with Gasteiger partial charge in [-0.25, -0.2) is 8.42 Å². The molecule has 19 heavy (non-hydrogen) atoms. The molecule has 108 valence electrons. The minimum absolute atomic E-state index is 0.255. The van der Waals surface area contributed by atoms with Crippen molar-refractivity contribution in [1.29, 1.82) is 0 Å². The number of anilines is 2. The highest BCUT2D eigenvalue weighted by atomic mass is 32.2. The molecule has 0 saturated carbocycles. The van der Waals surface area contributed by atoms with Gasteiger partial charge >= 0.3 is 0 Å². The zero-order valence-electron chi connectivity index (χ0n) is 12.1.